The maximum Gasteiger partial charge on any atom is 0.165 e. The van der Waals surface area contributed by atoms with Crippen molar-refractivity contribution in [1.29, 1.82) is 0 Å². The molecule has 100 valence electrons. The van der Waals surface area contributed by atoms with Crippen molar-refractivity contribution in [2.45, 2.75) is 32.7 Å². The summed E-state index contributed by atoms with van der Waals surface area (Å²) in [5.41, 5.74) is 0.969. The summed E-state index contributed by atoms with van der Waals surface area (Å²) < 4.78 is 18.5. The first kappa shape index (κ1) is 13.3. The Kier molecular flexibility index (Phi) is 4.23. The Morgan fingerprint density at radius 3 is 2.67 bits per heavy atom. The summed E-state index contributed by atoms with van der Waals surface area (Å²) in [6.45, 7) is 5.35. The van der Waals surface area contributed by atoms with E-state index in [1.165, 1.54) is 20.0 Å². The van der Waals surface area contributed by atoms with E-state index in [4.69, 9.17) is 4.74 Å². The number of rotatable bonds is 6. The molecule has 2 rings (SSSR count). The second-order valence-corrected chi connectivity index (χ2v) is 5.34. The quantitative estimate of drug-likeness (QED) is 0.835. The van der Waals surface area contributed by atoms with Crippen molar-refractivity contribution >= 4 is 0 Å². The van der Waals surface area contributed by atoms with Crippen molar-refractivity contribution in [2.75, 3.05) is 13.7 Å². The second kappa shape index (κ2) is 5.70. The van der Waals surface area contributed by atoms with Crippen LogP contribution in [-0.2, 0) is 0 Å². The van der Waals surface area contributed by atoms with Gasteiger partial charge in [-0.25, -0.2) is 4.39 Å². The highest BCUT2D eigenvalue weighted by atomic mass is 19.1. The summed E-state index contributed by atoms with van der Waals surface area (Å²) >= 11 is 0. The van der Waals surface area contributed by atoms with Gasteiger partial charge < -0.3 is 10.1 Å². The summed E-state index contributed by atoms with van der Waals surface area (Å²) in [5.74, 6) is 1.63. The molecule has 1 aromatic carbocycles. The maximum absolute atomic E-state index is 13.6. The molecular formula is C15H22FNO. The Labute approximate surface area is 109 Å². The van der Waals surface area contributed by atoms with E-state index in [2.05, 4.69) is 19.2 Å². The van der Waals surface area contributed by atoms with Crippen LogP contribution in [0.5, 0.6) is 5.75 Å². The molecule has 1 fully saturated rings. The SMILES string of the molecule is COc1ccc(C(C)NCC(C)C2CC2)cc1F. The number of methoxy groups -OCH3 is 1. The van der Waals surface area contributed by atoms with E-state index in [-0.39, 0.29) is 11.9 Å². The van der Waals surface area contributed by atoms with Gasteiger partial charge in [-0.15, -0.1) is 0 Å². The highest BCUT2D eigenvalue weighted by Gasteiger charge is 2.27. The van der Waals surface area contributed by atoms with E-state index >= 15 is 0 Å². The van der Waals surface area contributed by atoms with Gasteiger partial charge in [-0.05, 0) is 55.8 Å². The second-order valence-electron chi connectivity index (χ2n) is 5.34. The number of halogens is 1. The average Bonchev–Trinajstić information content (AvgIpc) is 3.19. The minimum Gasteiger partial charge on any atom is -0.494 e. The van der Waals surface area contributed by atoms with E-state index in [9.17, 15) is 4.39 Å². The van der Waals surface area contributed by atoms with Gasteiger partial charge in [-0.1, -0.05) is 13.0 Å². The van der Waals surface area contributed by atoms with Gasteiger partial charge in [0.1, 0.15) is 0 Å². The minimum atomic E-state index is -0.293. The van der Waals surface area contributed by atoms with E-state index in [1.54, 1.807) is 12.1 Å². The smallest absolute Gasteiger partial charge is 0.165 e. The summed E-state index contributed by atoms with van der Waals surface area (Å²) in [7, 11) is 1.48. The molecule has 0 spiro atoms. The van der Waals surface area contributed by atoms with Crippen LogP contribution in [0.25, 0.3) is 0 Å². The maximum atomic E-state index is 13.6. The van der Waals surface area contributed by atoms with Crippen LogP contribution in [-0.4, -0.2) is 13.7 Å². The third kappa shape index (κ3) is 3.22. The van der Waals surface area contributed by atoms with Crippen molar-refractivity contribution < 1.29 is 9.13 Å². The van der Waals surface area contributed by atoms with Crippen molar-refractivity contribution in [2.24, 2.45) is 11.8 Å². The topological polar surface area (TPSA) is 21.3 Å². The minimum absolute atomic E-state index is 0.173. The van der Waals surface area contributed by atoms with E-state index in [1.807, 2.05) is 6.07 Å². The van der Waals surface area contributed by atoms with Crippen LogP contribution in [0, 0.1) is 17.7 Å². The van der Waals surface area contributed by atoms with Gasteiger partial charge in [0.2, 0.25) is 0 Å². The Morgan fingerprint density at radius 1 is 1.39 bits per heavy atom. The number of nitrogens with one attached hydrogen (secondary N) is 1. The Balaban J connectivity index is 1.91. The molecule has 0 radical (unpaired) electrons. The van der Waals surface area contributed by atoms with Crippen molar-refractivity contribution in [1.82, 2.24) is 5.32 Å². The lowest BCUT2D eigenvalue weighted by atomic mass is 10.0. The van der Waals surface area contributed by atoms with Crippen LogP contribution in [0.1, 0.15) is 38.3 Å². The Hall–Kier alpha value is -1.09. The molecule has 0 aromatic heterocycles. The van der Waals surface area contributed by atoms with E-state index < -0.39 is 0 Å². The normalized spacial score (nSPS) is 18.4. The molecule has 3 heteroatoms. The van der Waals surface area contributed by atoms with Crippen LogP contribution < -0.4 is 10.1 Å². The lowest BCUT2D eigenvalue weighted by Gasteiger charge is -2.18. The van der Waals surface area contributed by atoms with Gasteiger partial charge >= 0.3 is 0 Å². The lowest BCUT2D eigenvalue weighted by Crippen LogP contribution is -2.25. The third-order valence-electron chi connectivity index (χ3n) is 3.85. The highest BCUT2D eigenvalue weighted by Crippen LogP contribution is 2.36. The van der Waals surface area contributed by atoms with Crippen molar-refractivity contribution in [3.63, 3.8) is 0 Å². The van der Waals surface area contributed by atoms with Gasteiger partial charge in [-0.2, -0.15) is 0 Å². The molecule has 2 nitrogen and oxygen atoms in total. The Bertz CT molecular complexity index is 403. The lowest BCUT2D eigenvalue weighted by molar-refractivity contribution is 0.385. The third-order valence-corrected chi connectivity index (χ3v) is 3.85. The van der Waals surface area contributed by atoms with E-state index in [0.29, 0.717) is 5.75 Å². The molecule has 1 aromatic rings. The molecule has 18 heavy (non-hydrogen) atoms. The predicted molar refractivity (Wildman–Crippen MR) is 71.3 cm³/mol. The molecule has 0 saturated heterocycles. The molecule has 1 aliphatic rings. The van der Waals surface area contributed by atoms with Gasteiger partial charge in [0.15, 0.2) is 11.6 Å². The summed E-state index contributed by atoms with van der Waals surface area (Å²) in [6, 6.07) is 5.33. The molecular weight excluding hydrogens is 229 g/mol. The summed E-state index contributed by atoms with van der Waals surface area (Å²) in [4.78, 5) is 0. The molecule has 2 unspecified atom stereocenters. The number of hydrogen-bond donors (Lipinski definition) is 1. The first-order chi connectivity index (χ1) is 8.61. The largest absolute Gasteiger partial charge is 0.494 e. The average molecular weight is 251 g/mol. The fraction of sp³-hybridized carbons (Fsp3) is 0.600. The fourth-order valence-corrected chi connectivity index (χ4v) is 2.26. The van der Waals surface area contributed by atoms with Crippen molar-refractivity contribution in [3.8, 4) is 5.75 Å². The predicted octanol–water partition coefficient (Wildman–Crippen LogP) is 3.53. The fourth-order valence-electron chi connectivity index (χ4n) is 2.26. The van der Waals surface area contributed by atoms with Gasteiger partial charge in [-0.3, -0.25) is 0 Å². The van der Waals surface area contributed by atoms with E-state index in [0.717, 1.165) is 23.9 Å². The van der Waals surface area contributed by atoms with Crippen LogP contribution in [0.4, 0.5) is 4.39 Å². The number of benzene rings is 1. The first-order valence-electron chi connectivity index (χ1n) is 6.68. The summed E-state index contributed by atoms with van der Waals surface area (Å²) in [6.07, 6.45) is 2.74. The van der Waals surface area contributed by atoms with Crippen LogP contribution in [0.15, 0.2) is 18.2 Å². The molecule has 1 N–H and O–H groups in total. The number of ether oxygens (including phenoxy) is 1. The van der Waals surface area contributed by atoms with Gasteiger partial charge in [0.05, 0.1) is 7.11 Å². The van der Waals surface area contributed by atoms with Crippen molar-refractivity contribution in [3.05, 3.63) is 29.6 Å². The highest BCUT2D eigenvalue weighted by molar-refractivity contribution is 5.30. The molecule has 1 aliphatic carbocycles. The molecule has 0 aliphatic heterocycles. The van der Waals surface area contributed by atoms with Crippen LogP contribution in [0.3, 0.4) is 0 Å². The Morgan fingerprint density at radius 2 is 2.11 bits per heavy atom. The monoisotopic (exact) mass is 251 g/mol. The molecule has 0 heterocycles. The zero-order chi connectivity index (χ0) is 13.1. The summed E-state index contributed by atoms with van der Waals surface area (Å²) in [5, 5.41) is 3.48. The molecule has 1 saturated carbocycles. The molecule has 0 bridgehead atoms. The van der Waals surface area contributed by atoms with Crippen LogP contribution >= 0.6 is 0 Å². The van der Waals surface area contributed by atoms with Crippen LogP contribution in [0.2, 0.25) is 0 Å². The van der Waals surface area contributed by atoms with Gasteiger partial charge in [0.25, 0.3) is 0 Å². The number of hydrogen-bond acceptors (Lipinski definition) is 2. The molecule has 2 atom stereocenters. The molecule has 0 amide bonds. The standard InChI is InChI=1S/C15H22FNO/c1-10(12-4-5-12)9-17-11(2)13-6-7-15(18-3)14(16)8-13/h6-8,10-12,17H,4-5,9H2,1-3H3. The zero-order valence-corrected chi connectivity index (χ0v) is 11.4. The first-order valence-corrected chi connectivity index (χ1v) is 6.68. The van der Waals surface area contributed by atoms with Gasteiger partial charge in [0, 0.05) is 6.04 Å². The zero-order valence-electron chi connectivity index (χ0n) is 11.4.